The van der Waals surface area contributed by atoms with Gasteiger partial charge >= 0.3 is 65.8 Å². The quantitative estimate of drug-likeness (QED) is 0.170. The van der Waals surface area contributed by atoms with Gasteiger partial charge in [0.25, 0.3) is 0 Å². The Morgan fingerprint density at radius 1 is 0.405 bits per heavy atom. The van der Waals surface area contributed by atoms with E-state index in [2.05, 4.69) is 0 Å². The predicted molar refractivity (Wildman–Crippen MR) is 94.7 cm³/mol. The summed E-state index contributed by atoms with van der Waals surface area (Å²) >= 11 is 1.25. The summed E-state index contributed by atoms with van der Waals surface area (Å²) in [5, 5.41) is 0. The second kappa shape index (κ2) is 10.2. The maximum atomic E-state index is 14.1. The van der Waals surface area contributed by atoms with E-state index in [1.165, 1.54) is 22.6 Å². The molecule has 1 aromatic carbocycles. The van der Waals surface area contributed by atoms with Gasteiger partial charge in [-0.05, 0) is 34.7 Å². The highest BCUT2D eigenvalue weighted by atomic mass is 127. The molecular weight excluding hydrogens is 784 g/mol. The molecule has 0 N–H and O–H groups in total. The second-order valence-corrected chi connectivity index (χ2v) is 8.98. The molecule has 1 aromatic rings. The minimum absolute atomic E-state index is 0.169. The molecule has 0 atom stereocenters. The molecule has 0 aliphatic heterocycles. The van der Waals surface area contributed by atoms with E-state index in [1.54, 1.807) is 0 Å². The zero-order chi connectivity index (χ0) is 34.2. The number of halogens is 24. The highest BCUT2D eigenvalue weighted by Gasteiger charge is 2.96. The fourth-order valence-electron chi connectivity index (χ4n) is 2.53. The number of hydrogen-bond acceptors (Lipinski definition) is 1. The van der Waals surface area contributed by atoms with Crippen LogP contribution in [0.25, 0.3) is 0 Å². The van der Waals surface area contributed by atoms with Gasteiger partial charge in [-0.1, -0.05) is 12.1 Å². The summed E-state index contributed by atoms with van der Waals surface area (Å²) in [4.78, 5) is 0. The summed E-state index contributed by atoms with van der Waals surface area (Å²) < 4.78 is 309. The first kappa shape index (κ1) is 38.3. The van der Waals surface area contributed by atoms with E-state index in [9.17, 15) is 101 Å². The van der Waals surface area contributed by atoms with Crippen molar-refractivity contribution in [2.75, 3.05) is 0 Å². The Labute approximate surface area is 228 Å². The van der Waals surface area contributed by atoms with Crippen molar-refractivity contribution in [2.24, 2.45) is 0 Å². The van der Waals surface area contributed by atoms with Crippen LogP contribution in [0, 0.1) is 3.57 Å². The monoisotopic (exact) mass is 788 g/mol. The van der Waals surface area contributed by atoms with Crippen molar-refractivity contribution in [1.82, 2.24) is 0 Å². The third kappa shape index (κ3) is 5.19. The average Bonchev–Trinajstić information content (AvgIpc) is 2.76. The average molecular weight is 788 g/mol. The van der Waals surface area contributed by atoms with Crippen LogP contribution in [0.15, 0.2) is 24.3 Å². The van der Waals surface area contributed by atoms with E-state index in [0.29, 0.717) is 12.1 Å². The molecule has 0 amide bonds. The first-order chi connectivity index (χ1) is 18.0. The molecule has 0 bridgehead atoms. The summed E-state index contributed by atoms with van der Waals surface area (Å²) in [5.41, 5.74) is -2.44. The van der Waals surface area contributed by atoms with E-state index in [-0.39, 0.29) is 15.7 Å². The maximum absolute atomic E-state index is 14.1. The van der Waals surface area contributed by atoms with Gasteiger partial charge in [-0.15, -0.1) is 0 Å². The van der Waals surface area contributed by atoms with Gasteiger partial charge in [0.15, 0.2) is 0 Å². The Morgan fingerprint density at radius 3 is 1.00 bits per heavy atom. The number of rotatable bonds is 10. The van der Waals surface area contributed by atoms with Gasteiger partial charge in [-0.2, -0.15) is 101 Å². The zero-order valence-electron chi connectivity index (χ0n) is 18.3. The lowest BCUT2D eigenvalue weighted by Gasteiger charge is -2.44. The lowest BCUT2D eigenvalue weighted by Crippen LogP contribution is -2.75. The van der Waals surface area contributed by atoms with Crippen molar-refractivity contribution in [2.45, 2.75) is 65.8 Å². The molecule has 0 saturated carbocycles. The Bertz CT molecular complexity index is 1100. The third-order valence-electron chi connectivity index (χ3n) is 4.94. The molecule has 0 fully saturated rings. The standard InChI is InChI=1S/C17H4F23IO/c18-7(19,5-1-3-6(41)4-2-5)8(20,21)9(22,23)10(24,25)11(26,27)12(28,29)13(30,31)17(39,40)42-14(32,15(33,34)35)16(36,37)38/h1-4H. The normalized spacial score (nSPS) is 16.2. The van der Waals surface area contributed by atoms with Crippen molar-refractivity contribution in [3.63, 3.8) is 0 Å². The summed E-state index contributed by atoms with van der Waals surface area (Å²) in [6.07, 6.45) is -24.7. The second-order valence-electron chi connectivity index (χ2n) is 7.74. The van der Waals surface area contributed by atoms with E-state index in [0.717, 1.165) is 4.74 Å². The lowest BCUT2D eigenvalue weighted by molar-refractivity contribution is -0.528. The number of ether oxygens (including phenoxy) is 1. The molecule has 0 aliphatic rings. The molecule has 0 unspecified atom stereocenters. The molecule has 1 rings (SSSR count). The van der Waals surface area contributed by atoms with Crippen molar-refractivity contribution >= 4 is 22.6 Å². The fraction of sp³-hybridized carbons (Fsp3) is 0.647. The SMILES string of the molecule is FC(F)(F)C(F)(OC(F)(F)C(F)(F)C(F)(F)C(F)(F)C(F)(F)C(F)(F)C(F)(F)C(F)(F)c1ccc(I)cc1)C(F)(F)F. The minimum atomic E-state index is -9.22. The fourth-order valence-corrected chi connectivity index (χ4v) is 2.89. The molecule has 0 spiro atoms. The van der Waals surface area contributed by atoms with Gasteiger partial charge in [0.1, 0.15) is 0 Å². The van der Waals surface area contributed by atoms with Gasteiger partial charge in [-0.3, -0.25) is 4.74 Å². The molecule has 0 radical (unpaired) electrons. The van der Waals surface area contributed by atoms with Gasteiger partial charge in [-0.25, -0.2) is 0 Å². The highest BCUT2D eigenvalue weighted by molar-refractivity contribution is 14.1. The van der Waals surface area contributed by atoms with Crippen LogP contribution in [-0.4, -0.2) is 59.9 Å². The topological polar surface area (TPSA) is 9.23 Å². The van der Waals surface area contributed by atoms with E-state index in [4.69, 9.17) is 0 Å². The van der Waals surface area contributed by atoms with Crippen molar-refractivity contribution in [3.05, 3.63) is 33.4 Å². The van der Waals surface area contributed by atoms with Crippen LogP contribution in [0.3, 0.4) is 0 Å². The number of benzene rings is 1. The Hall–Kier alpha value is -1.70. The molecular formula is C17H4F23IO. The predicted octanol–water partition coefficient (Wildman–Crippen LogP) is 9.59. The Morgan fingerprint density at radius 2 is 0.690 bits per heavy atom. The van der Waals surface area contributed by atoms with E-state index >= 15 is 0 Å². The molecule has 25 heteroatoms. The molecule has 0 aromatic heterocycles. The smallest absolute Gasteiger partial charge is 0.262 e. The number of alkyl halides is 23. The Balaban J connectivity index is 3.80. The summed E-state index contributed by atoms with van der Waals surface area (Å²) in [5.74, 6) is -68.3. The highest BCUT2D eigenvalue weighted by Crippen LogP contribution is 2.65. The summed E-state index contributed by atoms with van der Waals surface area (Å²) in [7, 11) is 0. The molecule has 0 heterocycles. The van der Waals surface area contributed by atoms with Crippen LogP contribution >= 0.6 is 22.6 Å². The molecule has 42 heavy (non-hydrogen) atoms. The van der Waals surface area contributed by atoms with Crippen LogP contribution < -0.4 is 0 Å². The van der Waals surface area contributed by atoms with Gasteiger partial charge in [0, 0.05) is 9.13 Å². The minimum Gasteiger partial charge on any atom is -0.262 e. The third-order valence-corrected chi connectivity index (χ3v) is 5.66. The van der Waals surface area contributed by atoms with Crippen molar-refractivity contribution in [3.8, 4) is 0 Å². The molecule has 0 saturated heterocycles. The van der Waals surface area contributed by atoms with Gasteiger partial charge in [0.2, 0.25) is 0 Å². The summed E-state index contributed by atoms with van der Waals surface area (Å²) in [6.45, 7) is 0. The van der Waals surface area contributed by atoms with Crippen LogP contribution in [0.5, 0.6) is 0 Å². The van der Waals surface area contributed by atoms with Crippen molar-refractivity contribution in [1.29, 1.82) is 0 Å². The van der Waals surface area contributed by atoms with Crippen molar-refractivity contribution < 1.29 is 106 Å². The Kier molecular flexibility index (Phi) is 9.28. The van der Waals surface area contributed by atoms with Crippen LogP contribution in [-0.2, 0) is 10.7 Å². The number of hydrogen-bond donors (Lipinski definition) is 0. The van der Waals surface area contributed by atoms with Crippen LogP contribution in [0.2, 0.25) is 0 Å². The van der Waals surface area contributed by atoms with Crippen LogP contribution in [0.1, 0.15) is 5.56 Å². The first-order valence-corrected chi connectivity index (χ1v) is 10.3. The van der Waals surface area contributed by atoms with E-state index in [1.807, 2.05) is 0 Å². The van der Waals surface area contributed by atoms with Crippen LogP contribution in [0.4, 0.5) is 101 Å². The van der Waals surface area contributed by atoms with E-state index < -0.39 is 71.3 Å². The lowest BCUT2D eigenvalue weighted by atomic mass is 9.87. The zero-order valence-corrected chi connectivity index (χ0v) is 20.4. The van der Waals surface area contributed by atoms with Gasteiger partial charge in [0.05, 0.1) is 0 Å². The maximum Gasteiger partial charge on any atom is 0.458 e. The summed E-state index contributed by atoms with van der Waals surface area (Å²) in [6, 6.07) is 0.253. The first-order valence-electron chi connectivity index (χ1n) is 9.27. The molecule has 0 aliphatic carbocycles. The van der Waals surface area contributed by atoms with Gasteiger partial charge < -0.3 is 0 Å². The molecule has 1 nitrogen and oxygen atoms in total. The largest absolute Gasteiger partial charge is 0.458 e. The molecule has 246 valence electrons.